The molecule has 7 heteroatoms. The third-order valence-corrected chi connectivity index (χ3v) is 4.65. The maximum Gasteiger partial charge on any atom is 0.307 e. The monoisotopic (exact) mass is 363 g/mol. The molecule has 0 saturated heterocycles. The predicted octanol–water partition coefficient (Wildman–Crippen LogP) is 3.43. The van der Waals surface area contributed by atoms with Crippen LogP contribution in [0.25, 0.3) is 10.4 Å². The Labute approximate surface area is 148 Å². The average Bonchev–Trinajstić information content (AvgIpc) is 2.59. The Bertz CT molecular complexity index is 806. The minimum atomic E-state index is -0.388. The van der Waals surface area contributed by atoms with Crippen LogP contribution in [0.1, 0.15) is 6.42 Å². The highest BCUT2D eigenvalue weighted by molar-refractivity contribution is 7.73. The molecule has 1 heterocycles. The van der Waals surface area contributed by atoms with Crippen LogP contribution in [-0.2, 0) is 16.1 Å². The molecule has 2 rings (SSSR count). The van der Waals surface area contributed by atoms with Gasteiger partial charge in [0.05, 0.1) is 13.5 Å². The maximum atomic E-state index is 12.3. The second-order valence-electron chi connectivity index (χ2n) is 4.82. The van der Waals surface area contributed by atoms with Gasteiger partial charge in [-0.15, -0.1) is 11.3 Å². The molecule has 0 N–H and O–H groups in total. The summed E-state index contributed by atoms with van der Waals surface area (Å²) < 4.78 is 11.8. The van der Waals surface area contributed by atoms with Gasteiger partial charge in [-0.3, -0.25) is 14.2 Å². The Morgan fingerprint density at radius 3 is 2.67 bits per heavy atom. The van der Waals surface area contributed by atoms with Gasteiger partial charge in [-0.2, -0.15) is 0 Å². The van der Waals surface area contributed by atoms with Gasteiger partial charge in [-0.25, -0.2) is 0 Å². The van der Waals surface area contributed by atoms with Gasteiger partial charge in [0, 0.05) is 17.5 Å². The summed E-state index contributed by atoms with van der Waals surface area (Å²) in [7, 11) is 1.60. The zero-order chi connectivity index (χ0) is 17.5. The number of hydrogen-bond acceptors (Lipinski definition) is 6. The molecule has 0 aliphatic heterocycles. The molecule has 0 amide bonds. The number of hydrogen-bond donors (Lipinski definition) is 0. The summed E-state index contributed by atoms with van der Waals surface area (Å²) in [6, 6.07) is 8.92. The molecule has 1 aromatic heterocycles. The quantitative estimate of drug-likeness (QED) is 0.428. The van der Waals surface area contributed by atoms with E-state index in [2.05, 4.69) is 6.58 Å². The molecule has 0 atom stereocenters. The van der Waals surface area contributed by atoms with Gasteiger partial charge < -0.3 is 9.47 Å². The lowest BCUT2D eigenvalue weighted by Crippen LogP contribution is -2.21. The minimum absolute atomic E-state index is 0.0893. The summed E-state index contributed by atoms with van der Waals surface area (Å²) in [5.74, 6) is 0.356. The molecule has 0 bridgehead atoms. The van der Waals surface area contributed by atoms with E-state index in [1.54, 1.807) is 7.11 Å². The van der Waals surface area contributed by atoms with E-state index in [9.17, 15) is 9.59 Å². The van der Waals surface area contributed by atoms with E-state index in [-0.39, 0.29) is 31.1 Å². The number of benzene rings is 1. The normalized spacial score (nSPS) is 10.2. The number of ether oxygens (including phenoxy) is 2. The van der Waals surface area contributed by atoms with Crippen LogP contribution < -0.4 is 10.3 Å². The van der Waals surface area contributed by atoms with Crippen LogP contribution >= 0.6 is 23.6 Å². The number of methoxy groups -OCH3 is 1. The largest absolute Gasteiger partial charge is 0.497 e. The molecule has 0 unspecified atom stereocenters. The standard InChI is InChI=1S/C17H17NO4S2/c1-3-10-22-16(20)8-9-18-15(19)11-14(24-17(18)23)12-4-6-13(21-2)7-5-12/h3-7,11H,1,8-10H2,2H3. The summed E-state index contributed by atoms with van der Waals surface area (Å²) in [4.78, 5) is 24.6. The van der Waals surface area contributed by atoms with Crippen LogP contribution in [0.4, 0.5) is 0 Å². The molecular formula is C17H17NO4S2. The lowest BCUT2D eigenvalue weighted by atomic mass is 10.2. The third kappa shape index (κ3) is 4.62. The lowest BCUT2D eigenvalue weighted by molar-refractivity contribution is -0.142. The zero-order valence-electron chi connectivity index (χ0n) is 13.2. The molecule has 0 aliphatic rings. The topological polar surface area (TPSA) is 57.5 Å². The van der Waals surface area contributed by atoms with E-state index in [0.29, 0.717) is 3.95 Å². The highest BCUT2D eigenvalue weighted by atomic mass is 32.1. The van der Waals surface area contributed by atoms with Crippen LogP contribution in [0, 0.1) is 3.95 Å². The van der Waals surface area contributed by atoms with E-state index in [1.165, 1.54) is 28.0 Å². The van der Waals surface area contributed by atoms with Gasteiger partial charge in [-0.1, -0.05) is 12.7 Å². The fourth-order valence-corrected chi connectivity index (χ4v) is 3.33. The first-order valence-corrected chi connectivity index (χ1v) is 8.43. The minimum Gasteiger partial charge on any atom is -0.497 e. The Kier molecular flexibility index (Phi) is 6.45. The average molecular weight is 363 g/mol. The van der Waals surface area contributed by atoms with Gasteiger partial charge >= 0.3 is 5.97 Å². The molecule has 0 spiro atoms. The summed E-state index contributed by atoms with van der Waals surface area (Å²) in [5.41, 5.74) is 0.655. The van der Waals surface area contributed by atoms with Crippen molar-refractivity contribution in [2.24, 2.45) is 0 Å². The predicted molar refractivity (Wildman–Crippen MR) is 97.2 cm³/mol. The van der Waals surface area contributed by atoms with Crippen molar-refractivity contribution >= 4 is 29.5 Å². The maximum absolute atomic E-state index is 12.3. The van der Waals surface area contributed by atoms with Crippen LogP contribution in [-0.4, -0.2) is 24.3 Å². The lowest BCUT2D eigenvalue weighted by Gasteiger charge is -2.08. The van der Waals surface area contributed by atoms with E-state index in [0.717, 1.165) is 16.2 Å². The first kappa shape index (κ1) is 18.1. The smallest absolute Gasteiger partial charge is 0.307 e. The first-order chi connectivity index (χ1) is 11.5. The highest BCUT2D eigenvalue weighted by Crippen LogP contribution is 2.25. The molecule has 0 aliphatic carbocycles. The van der Waals surface area contributed by atoms with Crippen molar-refractivity contribution < 1.29 is 14.3 Å². The van der Waals surface area contributed by atoms with Crippen molar-refractivity contribution in [3.8, 4) is 16.2 Å². The fourth-order valence-electron chi connectivity index (χ4n) is 1.98. The number of carbonyl (C=O) groups excluding carboxylic acids is 1. The van der Waals surface area contributed by atoms with Crippen LogP contribution in [0.5, 0.6) is 5.75 Å². The zero-order valence-corrected chi connectivity index (χ0v) is 14.8. The summed E-state index contributed by atoms with van der Waals surface area (Å²) in [6.45, 7) is 3.83. The highest BCUT2D eigenvalue weighted by Gasteiger charge is 2.08. The van der Waals surface area contributed by atoms with E-state index in [4.69, 9.17) is 21.7 Å². The molecule has 2 aromatic rings. The SMILES string of the molecule is C=CCOC(=O)CCn1c(=O)cc(-c2ccc(OC)cc2)sc1=S. The molecule has 0 radical (unpaired) electrons. The molecule has 0 fully saturated rings. The van der Waals surface area contributed by atoms with Crippen molar-refractivity contribution in [3.05, 3.63) is 57.3 Å². The van der Waals surface area contributed by atoms with Crippen LogP contribution in [0.2, 0.25) is 0 Å². The van der Waals surface area contributed by atoms with Crippen LogP contribution in [0.3, 0.4) is 0 Å². The van der Waals surface area contributed by atoms with E-state index >= 15 is 0 Å². The summed E-state index contributed by atoms with van der Waals surface area (Å²) in [6.07, 6.45) is 1.58. The number of rotatable bonds is 7. The Morgan fingerprint density at radius 2 is 2.08 bits per heavy atom. The van der Waals surface area contributed by atoms with Crippen molar-refractivity contribution in [3.63, 3.8) is 0 Å². The molecule has 24 heavy (non-hydrogen) atoms. The van der Waals surface area contributed by atoms with Gasteiger partial charge in [0.2, 0.25) is 0 Å². The van der Waals surface area contributed by atoms with Gasteiger partial charge in [0.1, 0.15) is 12.4 Å². The number of aromatic nitrogens is 1. The fraction of sp³-hybridized carbons (Fsp3) is 0.235. The summed E-state index contributed by atoms with van der Waals surface area (Å²) >= 11 is 6.63. The Morgan fingerprint density at radius 1 is 1.38 bits per heavy atom. The summed E-state index contributed by atoms with van der Waals surface area (Å²) in [5, 5.41) is 0. The van der Waals surface area contributed by atoms with Crippen LogP contribution in [0.15, 0.2) is 47.8 Å². The van der Waals surface area contributed by atoms with Gasteiger partial charge in [0.25, 0.3) is 5.56 Å². The number of esters is 1. The van der Waals surface area contributed by atoms with E-state index < -0.39 is 0 Å². The molecule has 5 nitrogen and oxygen atoms in total. The molecule has 126 valence electrons. The molecule has 0 saturated carbocycles. The second kappa shape index (κ2) is 8.56. The first-order valence-electron chi connectivity index (χ1n) is 7.21. The molecular weight excluding hydrogens is 346 g/mol. The van der Waals surface area contributed by atoms with Crippen molar-refractivity contribution in [1.82, 2.24) is 4.57 Å². The van der Waals surface area contributed by atoms with E-state index in [1.807, 2.05) is 24.3 Å². The van der Waals surface area contributed by atoms with Gasteiger partial charge in [-0.05, 0) is 42.0 Å². The van der Waals surface area contributed by atoms with Crippen molar-refractivity contribution in [1.29, 1.82) is 0 Å². The Hall–Kier alpha value is -2.25. The number of nitrogens with zero attached hydrogens (tertiary/aromatic N) is 1. The molecule has 1 aromatic carbocycles. The van der Waals surface area contributed by atoms with Gasteiger partial charge in [0.15, 0.2) is 3.95 Å². The van der Waals surface area contributed by atoms with Crippen molar-refractivity contribution in [2.75, 3.05) is 13.7 Å². The second-order valence-corrected chi connectivity index (χ2v) is 6.49. The Balaban J connectivity index is 2.18. The van der Waals surface area contributed by atoms with Crippen molar-refractivity contribution in [2.45, 2.75) is 13.0 Å². The third-order valence-electron chi connectivity index (χ3n) is 3.21. The number of carbonyl (C=O) groups is 1.